The number of rotatable bonds is 6. The lowest BCUT2D eigenvalue weighted by Crippen LogP contribution is -2.47. The third-order valence-corrected chi connectivity index (χ3v) is 7.40. The number of methoxy groups -OCH3 is 1. The molecule has 0 unspecified atom stereocenters. The average Bonchev–Trinajstić information content (AvgIpc) is 2.72. The molecule has 152 valence electrons. The van der Waals surface area contributed by atoms with Crippen LogP contribution in [-0.2, 0) is 14.8 Å². The number of piperidine rings is 1. The third kappa shape index (κ3) is 4.47. The summed E-state index contributed by atoms with van der Waals surface area (Å²) in [6.45, 7) is 4.49. The predicted octanol–water partition coefficient (Wildman–Crippen LogP) is 2.88. The van der Waals surface area contributed by atoms with Crippen LogP contribution in [0.1, 0.15) is 38.2 Å². The van der Waals surface area contributed by atoms with Crippen LogP contribution in [0.2, 0.25) is 0 Å². The Bertz CT molecular complexity index is 950. The van der Waals surface area contributed by atoms with Gasteiger partial charge < -0.3 is 10.1 Å². The smallest absolute Gasteiger partial charge is 0.227 e. The van der Waals surface area contributed by atoms with Crippen LogP contribution in [0.25, 0.3) is 10.8 Å². The van der Waals surface area contributed by atoms with Crippen LogP contribution < -0.4 is 10.1 Å². The molecule has 2 aromatic rings. The number of hydrogen-bond acceptors (Lipinski definition) is 4. The van der Waals surface area contributed by atoms with Crippen molar-refractivity contribution in [2.75, 3.05) is 26.0 Å². The number of carbonyl (C=O) groups is 1. The number of carbonyl (C=O) groups excluding carboxylic acids is 1. The largest absolute Gasteiger partial charge is 0.497 e. The van der Waals surface area contributed by atoms with Gasteiger partial charge in [-0.05, 0) is 55.2 Å². The normalized spacial score (nSPS) is 17.4. The van der Waals surface area contributed by atoms with Crippen molar-refractivity contribution in [2.45, 2.75) is 38.6 Å². The van der Waals surface area contributed by atoms with E-state index in [1.54, 1.807) is 14.0 Å². The van der Waals surface area contributed by atoms with Gasteiger partial charge >= 0.3 is 0 Å². The summed E-state index contributed by atoms with van der Waals surface area (Å²) in [6, 6.07) is 11.9. The third-order valence-electron chi connectivity index (χ3n) is 5.52. The maximum Gasteiger partial charge on any atom is 0.227 e. The molecule has 1 aliphatic heterocycles. The maximum atomic E-state index is 12.7. The summed E-state index contributed by atoms with van der Waals surface area (Å²) in [6.07, 6.45) is 1.30. The fourth-order valence-corrected chi connectivity index (χ4v) is 4.71. The fourth-order valence-electron chi connectivity index (χ4n) is 3.58. The van der Waals surface area contributed by atoms with Gasteiger partial charge in [-0.25, -0.2) is 12.7 Å². The van der Waals surface area contributed by atoms with Crippen molar-refractivity contribution in [1.82, 2.24) is 9.62 Å². The summed E-state index contributed by atoms with van der Waals surface area (Å²) >= 11 is 0. The summed E-state index contributed by atoms with van der Waals surface area (Å²) in [5.74, 6) is 0.630. The first-order valence-electron chi connectivity index (χ1n) is 9.70. The van der Waals surface area contributed by atoms with E-state index in [1.807, 2.05) is 43.3 Å². The Morgan fingerprint density at radius 2 is 1.82 bits per heavy atom. The number of benzene rings is 2. The highest BCUT2D eigenvalue weighted by molar-refractivity contribution is 7.89. The van der Waals surface area contributed by atoms with Gasteiger partial charge in [0.1, 0.15) is 5.75 Å². The average molecular weight is 405 g/mol. The van der Waals surface area contributed by atoms with Gasteiger partial charge in [0.25, 0.3) is 0 Å². The van der Waals surface area contributed by atoms with Crippen molar-refractivity contribution < 1.29 is 17.9 Å². The van der Waals surface area contributed by atoms with Crippen LogP contribution in [0.4, 0.5) is 0 Å². The highest BCUT2D eigenvalue weighted by Crippen LogP contribution is 2.25. The van der Waals surface area contributed by atoms with Gasteiger partial charge in [-0.1, -0.05) is 24.3 Å². The second-order valence-electron chi connectivity index (χ2n) is 7.28. The number of hydrogen-bond donors (Lipinski definition) is 1. The van der Waals surface area contributed by atoms with E-state index in [0.717, 1.165) is 22.1 Å². The number of nitrogens with zero attached hydrogens (tertiary/aromatic N) is 1. The molecule has 0 aromatic heterocycles. The van der Waals surface area contributed by atoms with Crippen molar-refractivity contribution in [3.8, 4) is 5.75 Å². The first-order valence-corrected chi connectivity index (χ1v) is 11.3. The summed E-state index contributed by atoms with van der Waals surface area (Å²) < 4.78 is 30.7. The van der Waals surface area contributed by atoms with E-state index in [4.69, 9.17) is 4.74 Å². The Labute approximate surface area is 166 Å². The molecule has 2 aromatic carbocycles. The topological polar surface area (TPSA) is 75.7 Å². The van der Waals surface area contributed by atoms with Gasteiger partial charge in [-0.2, -0.15) is 0 Å². The Kier molecular flexibility index (Phi) is 6.25. The first-order chi connectivity index (χ1) is 13.3. The molecule has 1 fully saturated rings. The minimum atomic E-state index is -3.15. The zero-order valence-electron chi connectivity index (χ0n) is 16.6. The summed E-state index contributed by atoms with van der Waals surface area (Å²) in [5, 5.41) is 5.23. The standard InChI is InChI=1S/C21H28N2O4S/c1-4-28(25,26)23-11-9-19(10-12-23)22-21(24)15(2)16-5-6-18-14-20(27-3)8-7-17(18)13-16/h5-8,13-15,19H,4,9-12H2,1-3H3,(H,22,24)/t15-/m1/s1. The number of fused-ring (bicyclic) bond motifs is 1. The molecule has 1 aliphatic rings. The van der Waals surface area contributed by atoms with E-state index in [9.17, 15) is 13.2 Å². The number of sulfonamides is 1. The van der Waals surface area contributed by atoms with Crippen molar-refractivity contribution in [2.24, 2.45) is 0 Å². The molecule has 1 N–H and O–H groups in total. The van der Waals surface area contributed by atoms with E-state index < -0.39 is 10.0 Å². The van der Waals surface area contributed by atoms with E-state index in [0.29, 0.717) is 25.9 Å². The van der Waals surface area contributed by atoms with Gasteiger partial charge in [0.05, 0.1) is 18.8 Å². The summed E-state index contributed by atoms with van der Waals surface area (Å²) in [7, 11) is -1.50. The maximum absolute atomic E-state index is 12.7. The predicted molar refractivity (Wildman–Crippen MR) is 111 cm³/mol. The molecule has 0 radical (unpaired) electrons. The number of nitrogens with one attached hydrogen (secondary N) is 1. The molecule has 28 heavy (non-hydrogen) atoms. The SMILES string of the molecule is CCS(=O)(=O)N1CCC(NC(=O)[C@H](C)c2ccc3cc(OC)ccc3c2)CC1. The van der Waals surface area contributed by atoms with Gasteiger partial charge in [0.15, 0.2) is 0 Å². The lowest BCUT2D eigenvalue weighted by Gasteiger charge is -2.32. The van der Waals surface area contributed by atoms with Gasteiger partial charge in [0.2, 0.25) is 15.9 Å². The van der Waals surface area contributed by atoms with Crippen LogP contribution >= 0.6 is 0 Å². The second-order valence-corrected chi connectivity index (χ2v) is 9.53. The highest BCUT2D eigenvalue weighted by Gasteiger charge is 2.28. The zero-order chi connectivity index (χ0) is 20.3. The molecule has 7 heteroatoms. The lowest BCUT2D eigenvalue weighted by molar-refractivity contribution is -0.123. The Balaban J connectivity index is 1.63. The quantitative estimate of drug-likeness (QED) is 0.803. The number of amides is 1. The van der Waals surface area contributed by atoms with E-state index in [2.05, 4.69) is 5.32 Å². The lowest BCUT2D eigenvalue weighted by atomic mass is 9.96. The van der Waals surface area contributed by atoms with E-state index in [-0.39, 0.29) is 23.6 Å². The molecule has 0 aliphatic carbocycles. The Hall–Kier alpha value is -2.12. The Morgan fingerprint density at radius 3 is 2.46 bits per heavy atom. The molecular weight excluding hydrogens is 376 g/mol. The Morgan fingerprint density at radius 1 is 1.18 bits per heavy atom. The first kappa shape index (κ1) is 20.6. The summed E-state index contributed by atoms with van der Waals surface area (Å²) in [5.41, 5.74) is 0.959. The van der Waals surface area contributed by atoms with Gasteiger partial charge in [0, 0.05) is 19.1 Å². The van der Waals surface area contributed by atoms with Crippen LogP contribution in [0.15, 0.2) is 36.4 Å². The van der Waals surface area contributed by atoms with Gasteiger partial charge in [-0.15, -0.1) is 0 Å². The zero-order valence-corrected chi connectivity index (χ0v) is 17.5. The molecule has 1 heterocycles. The molecule has 0 spiro atoms. The molecule has 3 rings (SSSR count). The van der Waals surface area contributed by atoms with Crippen molar-refractivity contribution in [3.63, 3.8) is 0 Å². The minimum absolute atomic E-state index is 0.0166. The van der Waals surface area contributed by atoms with Crippen LogP contribution in [0.3, 0.4) is 0 Å². The molecular formula is C21H28N2O4S. The van der Waals surface area contributed by atoms with Crippen molar-refractivity contribution >= 4 is 26.7 Å². The molecule has 1 amide bonds. The van der Waals surface area contributed by atoms with Crippen molar-refractivity contribution in [3.05, 3.63) is 42.0 Å². The molecule has 0 saturated carbocycles. The molecule has 0 bridgehead atoms. The van der Waals surface area contributed by atoms with E-state index in [1.165, 1.54) is 4.31 Å². The van der Waals surface area contributed by atoms with Gasteiger partial charge in [-0.3, -0.25) is 4.79 Å². The monoisotopic (exact) mass is 404 g/mol. The highest BCUT2D eigenvalue weighted by atomic mass is 32.2. The molecule has 6 nitrogen and oxygen atoms in total. The minimum Gasteiger partial charge on any atom is -0.497 e. The summed E-state index contributed by atoms with van der Waals surface area (Å²) in [4.78, 5) is 12.7. The second kappa shape index (κ2) is 8.49. The number of ether oxygens (including phenoxy) is 1. The molecule has 1 saturated heterocycles. The van der Waals surface area contributed by atoms with Crippen LogP contribution in [0, 0.1) is 0 Å². The van der Waals surface area contributed by atoms with Crippen molar-refractivity contribution in [1.29, 1.82) is 0 Å². The fraction of sp³-hybridized carbons (Fsp3) is 0.476. The van der Waals surface area contributed by atoms with Crippen LogP contribution in [-0.4, -0.2) is 50.6 Å². The van der Waals surface area contributed by atoms with Crippen LogP contribution in [0.5, 0.6) is 5.75 Å². The molecule has 1 atom stereocenters. The van der Waals surface area contributed by atoms with E-state index >= 15 is 0 Å².